The molecule has 6 heteroatoms. The molecule has 0 aliphatic carbocycles. The van der Waals surface area contributed by atoms with Crippen LogP contribution >= 0.6 is 11.8 Å². The van der Waals surface area contributed by atoms with Crippen molar-refractivity contribution < 1.29 is 13.6 Å². The minimum atomic E-state index is -0.743. The Hall–Kier alpha value is -1.30. The van der Waals surface area contributed by atoms with Gasteiger partial charge in [0.25, 0.3) is 5.91 Å². The fourth-order valence-electron chi connectivity index (χ4n) is 2.16. The van der Waals surface area contributed by atoms with E-state index in [1.54, 1.807) is 6.92 Å². The molecule has 1 atom stereocenters. The molecule has 1 unspecified atom stereocenters. The summed E-state index contributed by atoms with van der Waals surface area (Å²) in [6.07, 6.45) is 2.23. The number of carbonyl (C=O) groups is 1. The smallest absolute Gasteiger partial charge is 0.251 e. The number of carbonyl (C=O) groups excluding carboxylic acids is 1. The van der Waals surface area contributed by atoms with Crippen LogP contribution in [-0.4, -0.2) is 30.0 Å². The minimum absolute atomic E-state index is 0.0182. The summed E-state index contributed by atoms with van der Waals surface area (Å²) in [6.45, 7) is 2.71. The maximum atomic E-state index is 13.7. The lowest BCUT2D eigenvalue weighted by atomic mass is 10.1. The molecule has 1 amide bonds. The topological polar surface area (TPSA) is 41.1 Å². The monoisotopic (exact) mass is 300 g/mol. The Kier molecular flexibility index (Phi) is 5.23. The van der Waals surface area contributed by atoms with Gasteiger partial charge in [-0.05, 0) is 37.7 Å². The molecule has 2 N–H and O–H groups in total. The van der Waals surface area contributed by atoms with E-state index in [0.717, 1.165) is 30.7 Å². The third-order valence-electron chi connectivity index (χ3n) is 3.17. The van der Waals surface area contributed by atoms with Crippen LogP contribution in [-0.2, 0) is 0 Å². The number of amides is 1. The first-order valence-corrected chi connectivity index (χ1v) is 7.79. The minimum Gasteiger partial charge on any atom is -0.381 e. The van der Waals surface area contributed by atoms with Crippen LogP contribution in [0.3, 0.4) is 0 Å². The van der Waals surface area contributed by atoms with Crippen LogP contribution < -0.4 is 10.6 Å². The first kappa shape index (κ1) is 15.1. The van der Waals surface area contributed by atoms with Crippen molar-refractivity contribution in [2.75, 3.05) is 24.2 Å². The quantitative estimate of drug-likeness (QED) is 0.878. The second-order valence-electron chi connectivity index (χ2n) is 4.69. The molecule has 0 bridgehead atoms. The van der Waals surface area contributed by atoms with E-state index in [2.05, 4.69) is 10.6 Å². The summed E-state index contributed by atoms with van der Waals surface area (Å²) in [4.78, 5) is 11.9. The number of hydrogen-bond acceptors (Lipinski definition) is 3. The van der Waals surface area contributed by atoms with Crippen LogP contribution in [0.1, 0.15) is 30.1 Å². The number of nitrogens with one attached hydrogen (secondary N) is 2. The van der Waals surface area contributed by atoms with Crippen molar-refractivity contribution >= 4 is 23.4 Å². The van der Waals surface area contributed by atoms with Gasteiger partial charge in [0.2, 0.25) is 0 Å². The van der Waals surface area contributed by atoms with Gasteiger partial charge in [0.05, 0.1) is 0 Å². The summed E-state index contributed by atoms with van der Waals surface area (Å²) in [5, 5.41) is 5.75. The molecule has 3 nitrogen and oxygen atoms in total. The number of halogens is 2. The van der Waals surface area contributed by atoms with E-state index < -0.39 is 17.5 Å². The first-order valence-electron chi connectivity index (χ1n) is 6.74. The Bertz CT molecular complexity index is 467. The Balaban J connectivity index is 2.02. The van der Waals surface area contributed by atoms with Gasteiger partial charge in [-0.2, -0.15) is 11.8 Å². The van der Waals surface area contributed by atoms with Crippen LogP contribution in [0.4, 0.5) is 14.5 Å². The zero-order valence-electron chi connectivity index (χ0n) is 11.3. The zero-order chi connectivity index (χ0) is 14.5. The van der Waals surface area contributed by atoms with E-state index in [1.165, 1.54) is 0 Å². The maximum absolute atomic E-state index is 13.7. The lowest BCUT2D eigenvalue weighted by Crippen LogP contribution is -2.30. The van der Waals surface area contributed by atoms with E-state index in [-0.39, 0.29) is 11.3 Å². The molecule has 1 heterocycles. The summed E-state index contributed by atoms with van der Waals surface area (Å²) in [5.41, 5.74) is -0.167. The summed E-state index contributed by atoms with van der Waals surface area (Å²) >= 11 is 1.82. The Morgan fingerprint density at radius 3 is 2.65 bits per heavy atom. The zero-order valence-corrected chi connectivity index (χ0v) is 12.2. The summed E-state index contributed by atoms with van der Waals surface area (Å²) in [5.74, 6) is -0.806. The van der Waals surface area contributed by atoms with Crippen molar-refractivity contribution in [2.45, 2.75) is 25.0 Å². The Labute approximate surface area is 121 Å². The third-order valence-corrected chi connectivity index (χ3v) is 4.57. The number of anilines is 1. The fraction of sp³-hybridized carbons (Fsp3) is 0.500. The van der Waals surface area contributed by atoms with Crippen LogP contribution in [0.5, 0.6) is 0 Å². The highest BCUT2D eigenvalue weighted by Gasteiger charge is 2.18. The first-order chi connectivity index (χ1) is 9.61. The van der Waals surface area contributed by atoms with Crippen LogP contribution in [0.15, 0.2) is 12.1 Å². The van der Waals surface area contributed by atoms with Gasteiger partial charge in [-0.3, -0.25) is 4.79 Å². The number of benzene rings is 1. The molecule has 1 aliphatic heterocycles. The SMILES string of the molecule is CCNc1c(F)cc(C(=O)NCC2CCCS2)cc1F. The molecule has 0 spiro atoms. The predicted octanol–water partition coefficient (Wildman–Crippen LogP) is 3.02. The van der Waals surface area contributed by atoms with Crippen molar-refractivity contribution in [1.82, 2.24) is 5.32 Å². The van der Waals surface area contributed by atoms with Gasteiger partial charge in [-0.25, -0.2) is 8.78 Å². The fourth-order valence-corrected chi connectivity index (χ4v) is 3.36. The molecule has 1 fully saturated rings. The molecule has 1 aliphatic rings. The van der Waals surface area contributed by atoms with E-state index in [1.807, 2.05) is 11.8 Å². The number of hydrogen-bond donors (Lipinski definition) is 2. The number of rotatable bonds is 5. The van der Waals surface area contributed by atoms with Gasteiger partial charge in [0.1, 0.15) is 17.3 Å². The molecule has 1 saturated heterocycles. The lowest BCUT2D eigenvalue weighted by molar-refractivity contribution is 0.0953. The molecule has 0 saturated carbocycles. The second kappa shape index (κ2) is 6.92. The molecule has 1 aromatic rings. The lowest BCUT2D eigenvalue weighted by Gasteiger charge is -2.12. The van der Waals surface area contributed by atoms with Gasteiger partial charge in [-0.15, -0.1) is 0 Å². The average molecular weight is 300 g/mol. The summed E-state index contributed by atoms with van der Waals surface area (Å²) in [6, 6.07) is 2.14. The van der Waals surface area contributed by atoms with Crippen molar-refractivity contribution in [1.29, 1.82) is 0 Å². The third kappa shape index (κ3) is 3.62. The predicted molar refractivity (Wildman–Crippen MR) is 78.3 cm³/mol. The van der Waals surface area contributed by atoms with E-state index in [4.69, 9.17) is 0 Å². The Morgan fingerprint density at radius 2 is 2.10 bits per heavy atom. The van der Waals surface area contributed by atoms with Crippen LogP contribution in [0.2, 0.25) is 0 Å². The molecule has 110 valence electrons. The highest BCUT2D eigenvalue weighted by Crippen LogP contribution is 2.25. The van der Waals surface area contributed by atoms with Gasteiger partial charge in [-0.1, -0.05) is 0 Å². The summed E-state index contributed by atoms with van der Waals surface area (Å²) < 4.78 is 27.4. The summed E-state index contributed by atoms with van der Waals surface area (Å²) in [7, 11) is 0. The highest BCUT2D eigenvalue weighted by molar-refractivity contribution is 8.00. The van der Waals surface area contributed by atoms with Crippen molar-refractivity contribution in [2.24, 2.45) is 0 Å². The van der Waals surface area contributed by atoms with E-state index in [0.29, 0.717) is 18.3 Å². The average Bonchev–Trinajstić information content (AvgIpc) is 2.93. The van der Waals surface area contributed by atoms with E-state index >= 15 is 0 Å². The normalized spacial score (nSPS) is 18.1. The van der Waals surface area contributed by atoms with Gasteiger partial charge >= 0.3 is 0 Å². The molecular formula is C14H18F2N2OS. The Morgan fingerprint density at radius 1 is 1.40 bits per heavy atom. The molecule has 0 radical (unpaired) electrons. The van der Waals surface area contributed by atoms with Crippen LogP contribution in [0, 0.1) is 11.6 Å². The number of thioether (sulfide) groups is 1. The largest absolute Gasteiger partial charge is 0.381 e. The second-order valence-corrected chi connectivity index (χ2v) is 6.10. The van der Waals surface area contributed by atoms with Gasteiger partial charge in [0, 0.05) is 23.9 Å². The molecule has 2 rings (SSSR count). The van der Waals surface area contributed by atoms with E-state index in [9.17, 15) is 13.6 Å². The molecule has 1 aromatic carbocycles. The van der Waals surface area contributed by atoms with Crippen molar-refractivity contribution in [3.63, 3.8) is 0 Å². The molecule has 20 heavy (non-hydrogen) atoms. The van der Waals surface area contributed by atoms with Crippen LogP contribution in [0.25, 0.3) is 0 Å². The van der Waals surface area contributed by atoms with Gasteiger partial charge in [0.15, 0.2) is 0 Å². The highest BCUT2D eigenvalue weighted by atomic mass is 32.2. The maximum Gasteiger partial charge on any atom is 0.251 e. The van der Waals surface area contributed by atoms with Crippen molar-refractivity contribution in [3.05, 3.63) is 29.3 Å². The van der Waals surface area contributed by atoms with Crippen molar-refractivity contribution in [3.8, 4) is 0 Å². The standard InChI is InChI=1S/C14H18F2N2OS/c1-2-17-13-11(15)6-9(7-12(13)16)14(19)18-8-10-4-3-5-20-10/h6-7,10,17H,2-5,8H2,1H3,(H,18,19). The molecule has 0 aromatic heterocycles. The van der Waals surface area contributed by atoms with Gasteiger partial charge < -0.3 is 10.6 Å². The molecular weight excluding hydrogens is 282 g/mol.